The number of halogens is 1. The van der Waals surface area contributed by atoms with Crippen molar-refractivity contribution in [3.05, 3.63) is 24.0 Å². The van der Waals surface area contributed by atoms with Crippen LogP contribution in [0.2, 0.25) is 0 Å². The molecule has 148 valence electrons. The van der Waals surface area contributed by atoms with E-state index in [9.17, 15) is 22.4 Å². The molecule has 3 amide bonds. The molecule has 0 aliphatic carbocycles. The zero-order valence-corrected chi connectivity index (χ0v) is 16.1. The minimum Gasteiger partial charge on any atom is -0.338 e. The van der Waals surface area contributed by atoms with Crippen molar-refractivity contribution in [2.24, 2.45) is 0 Å². The number of urea groups is 1. The van der Waals surface area contributed by atoms with Crippen molar-refractivity contribution < 1.29 is 22.4 Å². The summed E-state index contributed by atoms with van der Waals surface area (Å²) in [6.45, 7) is 1.40. The number of amides is 3. The lowest BCUT2D eigenvalue weighted by molar-refractivity contribution is -0.123. The van der Waals surface area contributed by atoms with Gasteiger partial charge < -0.3 is 10.2 Å². The fraction of sp³-hybridized carbons (Fsp3) is 0.529. The third kappa shape index (κ3) is 3.91. The number of carbonyl (C=O) groups excluding carboxylic acids is 2. The molecule has 0 radical (unpaired) electrons. The number of nitrogens with one attached hydrogen (secondary N) is 1. The van der Waals surface area contributed by atoms with E-state index >= 15 is 0 Å². The van der Waals surface area contributed by atoms with Gasteiger partial charge in [0.2, 0.25) is 15.9 Å². The molecule has 10 heteroatoms. The lowest BCUT2D eigenvalue weighted by atomic mass is 10.0. The van der Waals surface area contributed by atoms with Gasteiger partial charge in [-0.2, -0.15) is 4.31 Å². The number of rotatable bonds is 4. The highest BCUT2D eigenvalue weighted by atomic mass is 32.2. The Bertz CT molecular complexity index is 860. The molecule has 2 heterocycles. The van der Waals surface area contributed by atoms with Gasteiger partial charge in [0, 0.05) is 32.4 Å². The van der Waals surface area contributed by atoms with Crippen molar-refractivity contribution >= 4 is 33.3 Å². The lowest BCUT2D eigenvalue weighted by Gasteiger charge is -2.36. The zero-order chi connectivity index (χ0) is 19.8. The molecule has 2 saturated heterocycles. The maximum absolute atomic E-state index is 14.8. The quantitative estimate of drug-likeness (QED) is 0.823. The molecule has 0 aromatic heterocycles. The predicted molar refractivity (Wildman–Crippen MR) is 99.7 cm³/mol. The number of sulfonamides is 1. The molecule has 0 spiro atoms. The van der Waals surface area contributed by atoms with E-state index in [1.165, 1.54) is 29.0 Å². The maximum atomic E-state index is 14.8. The van der Waals surface area contributed by atoms with Crippen molar-refractivity contribution in [3.8, 4) is 0 Å². The van der Waals surface area contributed by atoms with Gasteiger partial charge in [0.1, 0.15) is 11.9 Å². The molecule has 1 atom stereocenters. The van der Waals surface area contributed by atoms with E-state index in [2.05, 4.69) is 5.32 Å². The predicted octanol–water partition coefficient (Wildman–Crippen LogP) is 1.13. The third-order valence-corrected chi connectivity index (χ3v) is 6.29. The average molecular weight is 398 g/mol. The Balaban J connectivity index is 1.85. The Labute approximate surface area is 158 Å². The molecule has 3 rings (SSSR count). The minimum absolute atomic E-state index is 0.0905. The van der Waals surface area contributed by atoms with Crippen LogP contribution in [-0.4, -0.2) is 63.6 Å². The van der Waals surface area contributed by atoms with Crippen LogP contribution in [0.3, 0.4) is 0 Å². The first-order chi connectivity index (χ1) is 12.7. The summed E-state index contributed by atoms with van der Waals surface area (Å²) in [7, 11) is -2.18. The highest BCUT2D eigenvalue weighted by molar-refractivity contribution is 7.88. The maximum Gasteiger partial charge on any atom is 0.321 e. The van der Waals surface area contributed by atoms with E-state index in [0.717, 1.165) is 17.0 Å². The van der Waals surface area contributed by atoms with Gasteiger partial charge in [0.15, 0.2) is 0 Å². The van der Waals surface area contributed by atoms with Gasteiger partial charge in [-0.05, 0) is 37.5 Å². The van der Waals surface area contributed by atoms with Gasteiger partial charge in [-0.25, -0.2) is 17.6 Å². The number of benzene rings is 1. The molecule has 2 aliphatic heterocycles. The number of hydrogen-bond acceptors (Lipinski definition) is 4. The van der Waals surface area contributed by atoms with Gasteiger partial charge in [0.05, 0.1) is 11.9 Å². The summed E-state index contributed by atoms with van der Waals surface area (Å²) in [5, 5.41) is 2.71. The van der Waals surface area contributed by atoms with Gasteiger partial charge in [0.25, 0.3) is 0 Å². The number of anilines is 2. The number of hydrogen-bond donors (Lipinski definition) is 1. The molecule has 1 aromatic rings. The van der Waals surface area contributed by atoms with E-state index < -0.39 is 27.8 Å². The van der Waals surface area contributed by atoms with Crippen molar-refractivity contribution in [1.29, 1.82) is 0 Å². The Morgan fingerprint density at radius 2 is 1.89 bits per heavy atom. The van der Waals surface area contributed by atoms with Gasteiger partial charge in [-0.15, -0.1) is 0 Å². The van der Waals surface area contributed by atoms with E-state index in [1.807, 2.05) is 0 Å². The second-order valence-corrected chi connectivity index (χ2v) is 8.84. The summed E-state index contributed by atoms with van der Waals surface area (Å²) in [6.07, 6.45) is 2.76. The van der Waals surface area contributed by atoms with Crippen LogP contribution in [0.15, 0.2) is 18.2 Å². The van der Waals surface area contributed by atoms with E-state index in [4.69, 9.17) is 0 Å². The van der Waals surface area contributed by atoms with Crippen LogP contribution in [0.25, 0.3) is 0 Å². The fourth-order valence-electron chi connectivity index (χ4n) is 3.42. The minimum atomic E-state index is -3.54. The Morgan fingerprint density at radius 3 is 2.52 bits per heavy atom. The first-order valence-electron chi connectivity index (χ1n) is 8.79. The topological polar surface area (TPSA) is 90.0 Å². The molecular formula is C17H23FN4O4S. The van der Waals surface area contributed by atoms with Crippen molar-refractivity contribution in [2.75, 3.05) is 42.7 Å². The smallest absolute Gasteiger partial charge is 0.321 e. The van der Waals surface area contributed by atoms with E-state index in [-0.39, 0.29) is 11.7 Å². The molecule has 27 heavy (non-hydrogen) atoms. The molecule has 0 bridgehead atoms. The first kappa shape index (κ1) is 19.6. The molecular weight excluding hydrogens is 375 g/mol. The summed E-state index contributed by atoms with van der Waals surface area (Å²) in [5.41, 5.74) is 0.510. The molecule has 2 aliphatic rings. The van der Waals surface area contributed by atoms with Crippen LogP contribution < -0.4 is 15.1 Å². The van der Waals surface area contributed by atoms with E-state index in [1.54, 1.807) is 6.07 Å². The Morgan fingerprint density at radius 1 is 1.19 bits per heavy atom. The second kappa shape index (κ2) is 7.43. The molecule has 1 aromatic carbocycles. The van der Waals surface area contributed by atoms with Crippen molar-refractivity contribution in [2.45, 2.75) is 25.3 Å². The standard InChI is InChI=1S/C17H23FN4O4S/c1-20(27(2,25)26)15-5-3-9-22(16(15)23)14-7-6-12(11-13(14)18)21-10-4-8-19-17(21)24/h6-7,11,15H,3-5,8-10H2,1-2H3,(H,19,24). The molecule has 1 N–H and O–H groups in total. The number of piperidine rings is 1. The number of likely N-dealkylation sites (N-methyl/N-ethyl adjacent to an activating group) is 1. The van der Waals surface area contributed by atoms with Crippen molar-refractivity contribution in [1.82, 2.24) is 9.62 Å². The summed E-state index contributed by atoms with van der Waals surface area (Å²) in [5.74, 6) is -1.07. The van der Waals surface area contributed by atoms with Gasteiger partial charge in [-0.3, -0.25) is 9.69 Å². The normalized spacial score (nSPS) is 21.6. The summed E-state index contributed by atoms with van der Waals surface area (Å²) < 4.78 is 39.4. The Hall–Kier alpha value is -2.20. The molecule has 0 saturated carbocycles. The first-order valence-corrected chi connectivity index (χ1v) is 10.6. The fourth-order valence-corrected chi connectivity index (χ4v) is 4.08. The summed E-state index contributed by atoms with van der Waals surface area (Å²) in [4.78, 5) is 27.4. The van der Waals surface area contributed by atoms with Crippen molar-refractivity contribution in [3.63, 3.8) is 0 Å². The molecule has 1 unspecified atom stereocenters. The summed E-state index contributed by atoms with van der Waals surface area (Å²) in [6, 6.07) is 3.17. The lowest BCUT2D eigenvalue weighted by Crippen LogP contribution is -2.53. The molecule has 2 fully saturated rings. The van der Waals surface area contributed by atoms with Gasteiger partial charge in [-0.1, -0.05) is 0 Å². The van der Waals surface area contributed by atoms with Crippen LogP contribution in [0.1, 0.15) is 19.3 Å². The highest BCUT2D eigenvalue weighted by Gasteiger charge is 2.37. The SMILES string of the molecule is CN(C1CCCN(c2ccc(N3CCCNC3=O)cc2F)C1=O)S(C)(=O)=O. The average Bonchev–Trinajstić information content (AvgIpc) is 2.61. The summed E-state index contributed by atoms with van der Waals surface area (Å²) >= 11 is 0. The number of carbonyl (C=O) groups is 2. The van der Waals surface area contributed by atoms with Crippen LogP contribution >= 0.6 is 0 Å². The monoisotopic (exact) mass is 398 g/mol. The zero-order valence-electron chi connectivity index (χ0n) is 15.3. The van der Waals surface area contributed by atoms with Crippen LogP contribution in [0, 0.1) is 5.82 Å². The van der Waals surface area contributed by atoms with E-state index in [0.29, 0.717) is 38.2 Å². The van der Waals surface area contributed by atoms with Gasteiger partial charge >= 0.3 is 6.03 Å². The second-order valence-electron chi connectivity index (χ2n) is 6.80. The highest BCUT2D eigenvalue weighted by Crippen LogP contribution is 2.30. The third-order valence-electron chi connectivity index (χ3n) is 4.99. The van der Waals surface area contributed by atoms with Crippen LogP contribution in [0.4, 0.5) is 20.6 Å². The van der Waals surface area contributed by atoms with Crippen LogP contribution in [-0.2, 0) is 14.8 Å². The largest absolute Gasteiger partial charge is 0.338 e. The van der Waals surface area contributed by atoms with Crippen LogP contribution in [0.5, 0.6) is 0 Å². The Kier molecular flexibility index (Phi) is 5.38. The molecule has 8 nitrogen and oxygen atoms in total. The number of nitrogens with zero attached hydrogens (tertiary/aromatic N) is 3.